The molecule has 1 aromatic heterocycles. The summed E-state index contributed by atoms with van der Waals surface area (Å²) in [5, 5.41) is 3.69. The number of aromatic nitrogens is 1. The quantitative estimate of drug-likeness (QED) is 0.871. The van der Waals surface area contributed by atoms with E-state index in [-0.39, 0.29) is 0 Å². The van der Waals surface area contributed by atoms with Crippen LogP contribution < -0.4 is 15.2 Å². The van der Waals surface area contributed by atoms with Gasteiger partial charge >= 0.3 is 0 Å². The average Bonchev–Trinajstić information content (AvgIpc) is 2.90. The highest BCUT2D eigenvalue weighted by Crippen LogP contribution is 2.50. The van der Waals surface area contributed by atoms with Crippen LogP contribution in [0.2, 0.25) is 0 Å². The number of nitrogen functional groups attached to an aromatic ring is 1. The number of hydrogen-bond acceptors (Lipinski definition) is 5. The van der Waals surface area contributed by atoms with Gasteiger partial charge in [0.05, 0.1) is 0 Å². The van der Waals surface area contributed by atoms with E-state index in [1.165, 1.54) is 0 Å². The number of nitrogens with zero attached hydrogens (tertiary/aromatic N) is 1. The summed E-state index contributed by atoms with van der Waals surface area (Å²) in [4.78, 5) is 0. The minimum absolute atomic E-state index is 0.357. The molecule has 19 heavy (non-hydrogen) atoms. The van der Waals surface area contributed by atoms with Crippen molar-refractivity contribution in [2.75, 3.05) is 5.73 Å². The fraction of sp³-hybridized carbons (Fsp3) is 0.308. The van der Waals surface area contributed by atoms with Gasteiger partial charge in [-0.2, -0.15) is 0 Å². The van der Waals surface area contributed by atoms with Crippen LogP contribution in [0.4, 0.5) is 5.82 Å². The molecule has 1 aliphatic carbocycles. The van der Waals surface area contributed by atoms with Crippen molar-refractivity contribution < 1.29 is 14.0 Å². The maximum atomic E-state index is 5.92. The van der Waals surface area contributed by atoms with Crippen LogP contribution in [0.25, 0.3) is 11.3 Å². The second kappa shape index (κ2) is 3.66. The molecule has 1 spiro atoms. The molecular formula is C13H11BrN2O3. The van der Waals surface area contributed by atoms with Gasteiger partial charge in [0.25, 0.3) is 5.79 Å². The molecule has 6 heteroatoms. The standard InChI is InChI=1S/C13H11BrN2O3/c14-8-5-11-10(17-13(18-11)2-1-3-13)4-7(8)9-6-12(15)16-19-9/h4-6H,1-3H2,(H2,15,16). The van der Waals surface area contributed by atoms with Crippen LogP contribution in [0.15, 0.2) is 27.2 Å². The number of rotatable bonds is 1. The Morgan fingerprint density at radius 3 is 2.47 bits per heavy atom. The zero-order chi connectivity index (χ0) is 13.0. The van der Waals surface area contributed by atoms with Crippen molar-refractivity contribution in [1.29, 1.82) is 0 Å². The predicted octanol–water partition coefficient (Wildman–Crippen LogP) is 3.34. The van der Waals surface area contributed by atoms with E-state index in [4.69, 9.17) is 19.7 Å². The number of nitrogens with two attached hydrogens (primary N) is 1. The Morgan fingerprint density at radius 2 is 1.89 bits per heavy atom. The minimum atomic E-state index is -0.430. The van der Waals surface area contributed by atoms with Gasteiger partial charge in [-0.25, -0.2) is 0 Å². The first kappa shape index (κ1) is 11.2. The maximum Gasteiger partial charge on any atom is 0.251 e. The number of ether oxygens (including phenoxy) is 2. The molecule has 0 saturated heterocycles. The van der Waals surface area contributed by atoms with Crippen LogP contribution in [0, 0.1) is 0 Å². The molecule has 0 amide bonds. The Labute approximate surface area is 117 Å². The fourth-order valence-corrected chi connectivity index (χ4v) is 2.91. The summed E-state index contributed by atoms with van der Waals surface area (Å²) in [6, 6.07) is 5.48. The summed E-state index contributed by atoms with van der Waals surface area (Å²) in [7, 11) is 0. The summed E-state index contributed by atoms with van der Waals surface area (Å²) in [5.74, 6) is 2.04. The summed E-state index contributed by atoms with van der Waals surface area (Å²) in [5.41, 5.74) is 6.43. The lowest BCUT2D eigenvalue weighted by atomic mass is 9.91. The molecule has 2 aliphatic rings. The van der Waals surface area contributed by atoms with E-state index in [0.717, 1.165) is 40.8 Å². The fourth-order valence-electron chi connectivity index (χ4n) is 2.39. The predicted molar refractivity (Wildman–Crippen MR) is 71.9 cm³/mol. The number of anilines is 1. The maximum absolute atomic E-state index is 5.92. The molecule has 0 atom stereocenters. The van der Waals surface area contributed by atoms with Crippen LogP contribution in [0.5, 0.6) is 11.5 Å². The third-order valence-electron chi connectivity index (χ3n) is 3.53. The largest absolute Gasteiger partial charge is 0.448 e. The van der Waals surface area contributed by atoms with Crippen molar-refractivity contribution in [3.63, 3.8) is 0 Å². The second-order valence-electron chi connectivity index (χ2n) is 4.86. The molecule has 2 N–H and O–H groups in total. The number of benzene rings is 1. The Hall–Kier alpha value is -1.69. The molecule has 4 rings (SSSR count). The molecule has 0 bridgehead atoms. The van der Waals surface area contributed by atoms with E-state index < -0.39 is 5.79 Å². The van der Waals surface area contributed by atoms with Gasteiger partial charge in [0, 0.05) is 28.9 Å². The molecule has 1 saturated carbocycles. The lowest BCUT2D eigenvalue weighted by Crippen LogP contribution is -2.45. The second-order valence-corrected chi connectivity index (χ2v) is 5.72. The van der Waals surface area contributed by atoms with Gasteiger partial charge in [-0.3, -0.25) is 0 Å². The van der Waals surface area contributed by atoms with Crippen LogP contribution in [0.1, 0.15) is 19.3 Å². The first-order valence-corrected chi connectivity index (χ1v) is 6.89. The van der Waals surface area contributed by atoms with Crippen molar-refractivity contribution >= 4 is 21.7 Å². The number of hydrogen-bond donors (Lipinski definition) is 1. The van der Waals surface area contributed by atoms with E-state index in [1.807, 2.05) is 12.1 Å². The first-order chi connectivity index (χ1) is 9.15. The van der Waals surface area contributed by atoms with Gasteiger partial charge in [-0.1, -0.05) is 5.16 Å². The highest BCUT2D eigenvalue weighted by atomic mass is 79.9. The molecule has 1 aromatic carbocycles. The first-order valence-electron chi connectivity index (χ1n) is 6.09. The van der Waals surface area contributed by atoms with Crippen LogP contribution in [-0.2, 0) is 0 Å². The Bertz CT molecular complexity index is 664. The van der Waals surface area contributed by atoms with Gasteiger partial charge in [0.15, 0.2) is 23.1 Å². The van der Waals surface area contributed by atoms with E-state index in [0.29, 0.717) is 11.6 Å². The number of halogens is 1. The Morgan fingerprint density at radius 1 is 1.16 bits per heavy atom. The van der Waals surface area contributed by atoms with Crippen molar-refractivity contribution in [2.45, 2.75) is 25.0 Å². The topological polar surface area (TPSA) is 70.5 Å². The van der Waals surface area contributed by atoms with Crippen LogP contribution >= 0.6 is 15.9 Å². The van der Waals surface area contributed by atoms with Crippen molar-refractivity contribution in [2.24, 2.45) is 0 Å². The van der Waals surface area contributed by atoms with Crippen molar-refractivity contribution in [3.05, 3.63) is 22.7 Å². The summed E-state index contributed by atoms with van der Waals surface area (Å²) >= 11 is 3.51. The van der Waals surface area contributed by atoms with Gasteiger partial charge < -0.3 is 19.7 Å². The zero-order valence-corrected chi connectivity index (χ0v) is 11.6. The third kappa shape index (κ3) is 1.63. The molecule has 1 aliphatic heterocycles. The molecule has 0 unspecified atom stereocenters. The Balaban J connectivity index is 1.77. The SMILES string of the molecule is Nc1cc(-c2cc3c(cc2Br)OC2(CCC2)O3)on1. The molecule has 5 nitrogen and oxygen atoms in total. The normalized spacial score (nSPS) is 18.6. The summed E-state index contributed by atoms with van der Waals surface area (Å²) < 4.78 is 17.8. The summed E-state index contributed by atoms with van der Waals surface area (Å²) in [6.45, 7) is 0. The molecule has 2 heterocycles. The molecule has 2 aromatic rings. The zero-order valence-electron chi connectivity index (χ0n) is 9.98. The van der Waals surface area contributed by atoms with E-state index in [9.17, 15) is 0 Å². The molecular weight excluding hydrogens is 312 g/mol. The smallest absolute Gasteiger partial charge is 0.251 e. The lowest BCUT2D eigenvalue weighted by Gasteiger charge is -2.35. The minimum Gasteiger partial charge on any atom is -0.448 e. The monoisotopic (exact) mass is 322 g/mol. The molecule has 98 valence electrons. The highest BCUT2D eigenvalue weighted by Gasteiger charge is 2.47. The van der Waals surface area contributed by atoms with Gasteiger partial charge in [0.1, 0.15) is 0 Å². The van der Waals surface area contributed by atoms with E-state index in [2.05, 4.69) is 21.1 Å². The van der Waals surface area contributed by atoms with Crippen LogP contribution in [0.3, 0.4) is 0 Å². The summed E-state index contributed by atoms with van der Waals surface area (Å²) in [6.07, 6.45) is 3.01. The van der Waals surface area contributed by atoms with E-state index in [1.54, 1.807) is 6.07 Å². The number of fused-ring (bicyclic) bond motifs is 1. The van der Waals surface area contributed by atoms with Gasteiger partial charge in [0.2, 0.25) is 0 Å². The Kier molecular flexibility index (Phi) is 2.15. The van der Waals surface area contributed by atoms with Crippen LogP contribution in [-0.4, -0.2) is 10.9 Å². The third-order valence-corrected chi connectivity index (χ3v) is 4.19. The average molecular weight is 323 g/mol. The van der Waals surface area contributed by atoms with Gasteiger partial charge in [-0.05, 0) is 34.5 Å². The molecule has 1 fully saturated rings. The highest BCUT2D eigenvalue weighted by molar-refractivity contribution is 9.10. The van der Waals surface area contributed by atoms with E-state index >= 15 is 0 Å². The van der Waals surface area contributed by atoms with Gasteiger partial charge in [-0.15, -0.1) is 0 Å². The van der Waals surface area contributed by atoms with Crippen molar-refractivity contribution in [1.82, 2.24) is 5.16 Å². The lowest BCUT2D eigenvalue weighted by molar-refractivity contribution is -0.138. The van der Waals surface area contributed by atoms with Crippen molar-refractivity contribution in [3.8, 4) is 22.8 Å². The molecule has 0 radical (unpaired) electrons.